The van der Waals surface area contributed by atoms with Gasteiger partial charge in [0.05, 0.1) is 28.6 Å². The molecule has 7 aromatic rings. The second-order valence-corrected chi connectivity index (χ2v) is 10.5. The van der Waals surface area contributed by atoms with E-state index in [-0.39, 0.29) is 23.1 Å². The molecule has 0 aliphatic heterocycles. The lowest BCUT2D eigenvalue weighted by molar-refractivity contribution is 0.102. The summed E-state index contributed by atoms with van der Waals surface area (Å²) in [6, 6.07) is 36.1. The third-order valence-corrected chi connectivity index (χ3v) is 7.59. The maximum absolute atomic E-state index is 13.5. The molecule has 0 fully saturated rings. The summed E-state index contributed by atoms with van der Waals surface area (Å²) in [5, 5.41) is 12.6. The number of imidazole rings is 1. The molecule has 0 aliphatic rings. The lowest BCUT2D eigenvalue weighted by atomic mass is 10.0. The predicted molar refractivity (Wildman–Crippen MR) is 176 cm³/mol. The fraction of sp³-hybridized carbons (Fsp3) is 0. The van der Waals surface area contributed by atoms with Gasteiger partial charge in [-0.25, -0.2) is 9.97 Å². The summed E-state index contributed by atoms with van der Waals surface area (Å²) < 4.78 is 5.50. The molecule has 3 heterocycles. The highest BCUT2D eigenvalue weighted by molar-refractivity contribution is 6.11. The van der Waals surface area contributed by atoms with Crippen molar-refractivity contribution in [2.75, 3.05) is 11.1 Å². The number of rotatable bonds is 7. The normalized spacial score (nSPS) is 10.8. The van der Waals surface area contributed by atoms with Gasteiger partial charge in [0.15, 0.2) is 5.78 Å². The van der Waals surface area contributed by atoms with Crippen LogP contribution in [0.4, 0.5) is 11.5 Å². The molecule has 0 atom stereocenters. The van der Waals surface area contributed by atoms with Gasteiger partial charge in [-0.1, -0.05) is 60.7 Å². The number of fused-ring (bicyclic) bond motifs is 1. The maximum Gasteiger partial charge on any atom is 0.256 e. The van der Waals surface area contributed by atoms with Crippen LogP contribution in [-0.2, 0) is 0 Å². The van der Waals surface area contributed by atoms with E-state index in [0.717, 1.165) is 11.1 Å². The molecular formula is C37H24N6O3. The van der Waals surface area contributed by atoms with E-state index in [0.29, 0.717) is 56.3 Å². The lowest BCUT2D eigenvalue weighted by Gasteiger charge is -2.11. The van der Waals surface area contributed by atoms with Gasteiger partial charge in [-0.3, -0.25) is 9.59 Å². The first-order chi connectivity index (χ1) is 22.5. The van der Waals surface area contributed by atoms with E-state index in [1.54, 1.807) is 66.7 Å². The van der Waals surface area contributed by atoms with Crippen molar-refractivity contribution in [3.63, 3.8) is 0 Å². The van der Waals surface area contributed by atoms with Crippen LogP contribution in [0.2, 0.25) is 0 Å². The average Bonchev–Trinajstić information content (AvgIpc) is 3.79. The fourth-order valence-corrected chi connectivity index (χ4v) is 5.30. The molecule has 9 nitrogen and oxygen atoms in total. The van der Waals surface area contributed by atoms with Gasteiger partial charge >= 0.3 is 0 Å². The van der Waals surface area contributed by atoms with Crippen LogP contribution in [0.3, 0.4) is 0 Å². The third-order valence-electron chi connectivity index (χ3n) is 7.59. The number of furan rings is 1. The molecule has 0 bridgehead atoms. The number of ketones is 1. The van der Waals surface area contributed by atoms with Gasteiger partial charge in [0.2, 0.25) is 0 Å². The quantitative estimate of drug-likeness (QED) is 0.160. The summed E-state index contributed by atoms with van der Waals surface area (Å²) in [5.41, 5.74) is 12.3. The van der Waals surface area contributed by atoms with Crippen molar-refractivity contribution in [2.45, 2.75) is 0 Å². The van der Waals surface area contributed by atoms with Crippen LogP contribution < -0.4 is 11.1 Å². The topological polar surface area (TPSA) is 151 Å². The molecule has 0 radical (unpaired) electrons. The first kappa shape index (κ1) is 28.0. The van der Waals surface area contributed by atoms with Gasteiger partial charge in [0, 0.05) is 33.5 Å². The highest BCUT2D eigenvalue weighted by Crippen LogP contribution is 2.32. The fourth-order valence-electron chi connectivity index (χ4n) is 5.30. The van der Waals surface area contributed by atoms with Crippen LogP contribution >= 0.6 is 0 Å². The first-order valence-corrected chi connectivity index (χ1v) is 14.3. The number of hydrogen-bond donors (Lipinski definition) is 3. The summed E-state index contributed by atoms with van der Waals surface area (Å²) in [7, 11) is 0. The van der Waals surface area contributed by atoms with Gasteiger partial charge in [-0.15, -0.1) is 0 Å². The number of nitriles is 1. The highest BCUT2D eigenvalue weighted by Gasteiger charge is 2.18. The number of carbonyl (C=O) groups excluding carboxylic acids is 2. The SMILES string of the molecule is N#Cc1c(-c2ccco2)cc(-c2ccc(NC(=O)c3ccccc3-c3nc4cc(C(=O)c5ccccc5)ccc4[nH]3)cc2)nc1N. The molecule has 220 valence electrons. The number of nitrogens with zero attached hydrogens (tertiary/aromatic N) is 3. The monoisotopic (exact) mass is 600 g/mol. The van der Waals surface area contributed by atoms with E-state index in [9.17, 15) is 14.9 Å². The van der Waals surface area contributed by atoms with E-state index in [1.807, 2.05) is 48.5 Å². The molecule has 0 unspecified atom stereocenters. The Labute approximate surface area is 263 Å². The van der Waals surface area contributed by atoms with E-state index in [2.05, 4.69) is 21.4 Å². The van der Waals surface area contributed by atoms with Crippen LogP contribution in [0.25, 0.3) is 45.0 Å². The largest absolute Gasteiger partial charge is 0.464 e. The van der Waals surface area contributed by atoms with E-state index in [1.165, 1.54) is 6.26 Å². The number of anilines is 2. The number of nitrogens with one attached hydrogen (secondary N) is 2. The number of nitrogen functional groups attached to an aromatic ring is 1. The minimum Gasteiger partial charge on any atom is -0.464 e. The molecule has 0 saturated heterocycles. The lowest BCUT2D eigenvalue weighted by Crippen LogP contribution is -2.13. The second kappa shape index (κ2) is 11.7. The van der Waals surface area contributed by atoms with Crippen LogP contribution in [0.15, 0.2) is 126 Å². The summed E-state index contributed by atoms with van der Waals surface area (Å²) >= 11 is 0. The molecular weight excluding hydrogens is 576 g/mol. The molecule has 4 N–H and O–H groups in total. The number of nitrogens with two attached hydrogens (primary N) is 1. The summed E-state index contributed by atoms with van der Waals surface area (Å²) in [4.78, 5) is 38.9. The Balaban J connectivity index is 1.13. The van der Waals surface area contributed by atoms with E-state index in [4.69, 9.17) is 15.1 Å². The maximum atomic E-state index is 13.5. The molecule has 0 spiro atoms. The number of carbonyl (C=O) groups is 2. The van der Waals surface area contributed by atoms with Gasteiger partial charge < -0.3 is 20.5 Å². The van der Waals surface area contributed by atoms with Crippen molar-refractivity contribution in [3.05, 3.63) is 144 Å². The number of aromatic amines is 1. The van der Waals surface area contributed by atoms with Crippen molar-refractivity contribution < 1.29 is 14.0 Å². The Kier molecular flexibility index (Phi) is 7.13. The molecule has 4 aromatic carbocycles. The molecule has 46 heavy (non-hydrogen) atoms. The van der Waals surface area contributed by atoms with Crippen molar-refractivity contribution in [1.29, 1.82) is 5.26 Å². The Morgan fingerprint density at radius 3 is 2.35 bits per heavy atom. The zero-order valence-corrected chi connectivity index (χ0v) is 24.2. The average molecular weight is 601 g/mol. The number of aromatic nitrogens is 3. The Hall–Kier alpha value is -6.79. The van der Waals surface area contributed by atoms with Gasteiger partial charge in [0.1, 0.15) is 29.0 Å². The van der Waals surface area contributed by atoms with Crippen LogP contribution in [-0.4, -0.2) is 26.6 Å². The number of H-pyrrole nitrogens is 1. The van der Waals surface area contributed by atoms with Gasteiger partial charge in [0.25, 0.3) is 5.91 Å². The summed E-state index contributed by atoms with van der Waals surface area (Å²) in [5.74, 6) is 0.723. The molecule has 0 aliphatic carbocycles. The first-order valence-electron chi connectivity index (χ1n) is 14.3. The van der Waals surface area contributed by atoms with Gasteiger partial charge in [-0.2, -0.15) is 5.26 Å². The standard InChI is InChI=1S/C37H24N6O3/c38-21-29-28(33-11-6-18-46-33)20-31(41-35(29)39)22-12-15-25(16-13-22)40-37(45)27-10-5-4-9-26(27)36-42-30-17-14-24(19-32(30)43-36)34(44)23-7-2-1-3-8-23/h1-20H,(H2,39,41)(H,40,45)(H,42,43). The van der Waals surface area contributed by atoms with Crippen molar-refractivity contribution in [3.8, 4) is 40.0 Å². The van der Waals surface area contributed by atoms with Crippen molar-refractivity contribution in [1.82, 2.24) is 15.0 Å². The number of pyridine rings is 1. The second-order valence-electron chi connectivity index (χ2n) is 10.5. The third kappa shape index (κ3) is 5.27. The molecule has 1 amide bonds. The molecule has 9 heteroatoms. The molecule has 7 rings (SSSR count). The number of benzene rings is 4. The zero-order chi connectivity index (χ0) is 31.6. The summed E-state index contributed by atoms with van der Waals surface area (Å²) in [6.07, 6.45) is 1.53. The smallest absolute Gasteiger partial charge is 0.256 e. The minimum absolute atomic E-state index is 0.0887. The van der Waals surface area contributed by atoms with Crippen molar-refractivity contribution in [2.24, 2.45) is 0 Å². The highest BCUT2D eigenvalue weighted by atomic mass is 16.3. The summed E-state index contributed by atoms with van der Waals surface area (Å²) in [6.45, 7) is 0. The number of amides is 1. The Bertz CT molecular complexity index is 2280. The van der Waals surface area contributed by atoms with E-state index >= 15 is 0 Å². The Morgan fingerprint density at radius 1 is 0.804 bits per heavy atom. The Morgan fingerprint density at radius 2 is 1.59 bits per heavy atom. The van der Waals surface area contributed by atoms with Crippen LogP contribution in [0, 0.1) is 11.3 Å². The van der Waals surface area contributed by atoms with Crippen LogP contribution in [0.1, 0.15) is 31.8 Å². The zero-order valence-electron chi connectivity index (χ0n) is 24.2. The molecule has 0 saturated carbocycles. The van der Waals surface area contributed by atoms with E-state index < -0.39 is 0 Å². The van der Waals surface area contributed by atoms with Crippen LogP contribution in [0.5, 0.6) is 0 Å². The molecule has 3 aromatic heterocycles. The van der Waals surface area contributed by atoms with Crippen molar-refractivity contribution >= 4 is 34.2 Å². The minimum atomic E-state index is -0.315. The predicted octanol–water partition coefficient (Wildman–Crippen LogP) is 7.49. The van der Waals surface area contributed by atoms with Gasteiger partial charge in [-0.05, 0) is 54.6 Å². The number of hydrogen-bond acceptors (Lipinski definition) is 7.